The van der Waals surface area contributed by atoms with Gasteiger partial charge >= 0.3 is 0 Å². The van der Waals surface area contributed by atoms with Crippen molar-refractivity contribution in [1.29, 1.82) is 0 Å². The van der Waals surface area contributed by atoms with Gasteiger partial charge in [-0.3, -0.25) is 0 Å². The van der Waals surface area contributed by atoms with Crippen LogP contribution in [0.4, 0.5) is 8.78 Å². The van der Waals surface area contributed by atoms with Crippen molar-refractivity contribution < 1.29 is 13.5 Å². The van der Waals surface area contributed by atoms with E-state index in [4.69, 9.17) is 4.74 Å². The molecule has 1 atom stereocenters. The van der Waals surface area contributed by atoms with Crippen LogP contribution in [0, 0.1) is 10.8 Å². The van der Waals surface area contributed by atoms with Crippen LogP contribution in [-0.4, -0.2) is 43.7 Å². The van der Waals surface area contributed by atoms with Crippen molar-refractivity contribution in [2.24, 2.45) is 10.8 Å². The van der Waals surface area contributed by atoms with Crippen LogP contribution in [0.1, 0.15) is 39.0 Å². The minimum Gasteiger partial charge on any atom is -0.381 e. The average molecular weight is 259 g/mol. The second-order valence-electron chi connectivity index (χ2n) is 6.68. The van der Waals surface area contributed by atoms with Crippen molar-refractivity contribution in [3.05, 3.63) is 0 Å². The summed E-state index contributed by atoms with van der Waals surface area (Å²) in [5.74, 6) is -2.36. The number of nitrogens with zero attached hydrogens (tertiary/aromatic N) is 1. The molecule has 2 saturated carbocycles. The van der Waals surface area contributed by atoms with Gasteiger partial charge in [0.1, 0.15) is 0 Å². The Hall–Kier alpha value is -0.220. The molecule has 1 spiro atoms. The van der Waals surface area contributed by atoms with Gasteiger partial charge in [-0.25, -0.2) is 8.78 Å². The quantitative estimate of drug-likeness (QED) is 0.769. The number of rotatable bonds is 4. The Morgan fingerprint density at radius 3 is 2.11 bits per heavy atom. The zero-order valence-corrected chi connectivity index (χ0v) is 11.3. The van der Waals surface area contributed by atoms with Crippen molar-refractivity contribution in [2.75, 3.05) is 26.7 Å². The molecule has 3 rings (SSSR count). The van der Waals surface area contributed by atoms with Crippen LogP contribution in [0.2, 0.25) is 0 Å². The molecular formula is C14H23F2NO. The predicted octanol–water partition coefficient (Wildman–Crippen LogP) is 2.92. The van der Waals surface area contributed by atoms with E-state index in [1.54, 1.807) is 7.11 Å². The lowest BCUT2D eigenvalue weighted by Gasteiger charge is -2.36. The topological polar surface area (TPSA) is 12.5 Å². The molecule has 1 saturated heterocycles. The van der Waals surface area contributed by atoms with E-state index in [1.807, 2.05) is 0 Å². The highest BCUT2D eigenvalue weighted by Gasteiger charge is 2.70. The average Bonchev–Trinajstić information content (AvgIpc) is 3.20. The van der Waals surface area contributed by atoms with Gasteiger partial charge in [-0.2, -0.15) is 0 Å². The molecule has 1 aliphatic heterocycles. The van der Waals surface area contributed by atoms with Crippen LogP contribution >= 0.6 is 0 Å². The molecule has 3 aliphatic rings. The van der Waals surface area contributed by atoms with E-state index in [2.05, 4.69) is 11.8 Å². The monoisotopic (exact) mass is 259 g/mol. The van der Waals surface area contributed by atoms with Crippen LogP contribution < -0.4 is 0 Å². The molecule has 0 aromatic carbocycles. The third-order valence-corrected chi connectivity index (χ3v) is 5.67. The number of methoxy groups -OCH3 is 1. The predicted molar refractivity (Wildman–Crippen MR) is 65.8 cm³/mol. The SMILES string of the molecule is COC(C)C1(CN2CCC3(CC2)CC3(F)F)CC1. The molecule has 4 heteroatoms. The van der Waals surface area contributed by atoms with Gasteiger partial charge in [-0.05, 0) is 45.7 Å². The molecule has 0 aromatic heterocycles. The summed E-state index contributed by atoms with van der Waals surface area (Å²) in [7, 11) is 1.76. The second kappa shape index (κ2) is 3.89. The lowest BCUT2D eigenvalue weighted by Crippen LogP contribution is -2.42. The van der Waals surface area contributed by atoms with Gasteiger partial charge in [0.25, 0.3) is 5.92 Å². The first kappa shape index (κ1) is 12.8. The second-order valence-corrected chi connectivity index (χ2v) is 6.68. The first-order chi connectivity index (χ1) is 8.43. The molecule has 1 unspecified atom stereocenters. The first-order valence-corrected chi connectivity index (χ1v) is 7.06. The molecule has 0 N–H and O–H groups in total. The maximum atomic E-state index is 13.3. The highest BCUT2D eigenvalue weighted by molar-refractivity contribution is 5.12. The number of halogens is 2. The summed E-state index contributed by atoms with van der Waals surface area (Å²) in [5, 5.41) is 0. The molecule has 104 valence electrons. The fourth-order valence-electron chi connectivity index (χ4n) is 3.61. The molecule has 2 nitrogen and oxygen atoms in total. The van der Waals surface area contributed by atoms with Crippen molar-refractivity contribution in [3.63, 3.8) is 0 Å². The molecule has 1 heterocycles. The van der Waals surface area contributed by atoms with Gasteiger partial charge < -0.3 is 9.64 Å². The van der Waals surface area contributed by atoms with E-state index in [-0.39, 0.29) is 12.5 Å². The fraction of sp³-hybridized carbons (Fsp3) is 1.00. The maximum Gasteiger partial charge on any atom is 0.254 e. The maximum absolute atomic E-state index is 13.3. The van der Waals surface area contributed by atoms with Crippen molar-refractivity contribution in [2.45, 2.75) is 51.1 Å². The summed E-state index contributed by atoms with van der Waals surface area (Å²) in [6.07, 6.45) is 4.22. The molecule has 0 bridgehead atoms. The zero-order chi connectivity index (χ0) is 13.0. The van der Waals surface area contributed by atoms with E-state index in [0.717, 1.165) is 19.6 Å². The fourth-order valence-corrected chi connectivity index (χ4v) is 3.61. The van der Waals surface area contributed by atoms with Gasteiger partial charge in [0.2, 0.25) is 0 Å². The van der Waals surface area contributed by atoms with E-state index in [9.17, 15) is 8.78 Å². The summed E-state index contributed by atoms with van der Waals surface area (Å²) in [6, 6.07) is 0. The van der Waals surface area contributed by atoms with Crippen LogP contribution in [-0.2, 0) is 4.74 Å². The third kappa shape index (κ3) is 1.88. The van der Waals surface area contributed by atoms with Crippen LogP contribution in [0.15, 0.2) is 0 Å². The van der Waals surface area contributed by atoms with E-state index >= 15 is 0 Å². The summed E-state index contributed by atoms with van der Waals surface area (Å²) in [6.45, 7) is 4.85. The normalized spacial score (nSPS) is 33.3. The highest BCUT2D eigenvalue weighted by atomic mass is 19.3. The number of piperidine rings is 1. The Kier molecular flexibility index (Phi) is 2.76. The summed E-state index contributed by atoms with van der Waals surface area (Å²) in [5.41, 5.74) is -0.307. The molecule has 0 radical (unpaired) electrons. The smallest absolute Gasteiger partial charge is 0.254 e. The standard InChI is InChI=1S/C14H23F2NO/c1-11(18-2)12(3-4-12)10-17-7-5-13(6-8-17)9-14(13,15)16/h11H,3-10H2,1-2H3. The molecule has 18 heavy (non-hydrogen) atoms. The van der Waals surface area contributed by atoms with Crippen LogP contribution in [0.5, 0.6) is 0 Å². The lowest BCUT2D eigenvalue weighted by molar-refractivity contribution is 0.00616. The Morgan fingerprint density at radius 2 is 1.72 bits per heavy atom. The van der Waals surface area contributed by atoms with Gasteiger partial charge in [-0.15, -0.1) is 0 Å². The van der Waals surface area contributed by atoms with Gasteiger partial charge in [0.15, 0.2) is 0 Å². The van der Waals surface area contributed by atoms with Gasteiger partial charge in [-0.1, -0.05) is 0 Å². The number of hydrogen-bond acceptors (Lipinski definition) is 2. The molecular weight excluding hydrogens is 236 g/mol. The number of ether oxygens (including phenoxy) is 1. The summed E-state index contributed by atoms with van der Waals surface area (Å²) < 4.78 is 32.0. The number of likely N-dealkylation sites (tertiary alicyclic amines) is 1. The van der Waals surface area contributed by atoms with Crippen LogP contribution in [0.25, 0.3) is 0 Å². The Morgan fingerprint density at radius 1 is 1.17 bits per heavy atom. The largest absolute Gasteiger partial charge is 0.381 e. The van der Waals surface area contributed by atoms with Gasteiger partial charge in [0.05, 0.1) is 6.10 Å². The van der Waals surface area contributed by atoms with E-state index < -0.39 is 11.3 Å². The first-order valence-electron chi connectivity index (χ1n) is 7.06. The Labute approximate surface area is 108 Å². The minimum absolute atomic E-state index is 0.132. The van der Waals surface area contributed by atoms with Crippen molar-refractivity contribution in [3.8, 4) is 0 Å². The van der Waals surface area contributed by atoms with Crippen LogP contribution in [0.3, 0.4) is 0 Å². The highest BCUT2D eigenvalue weighted by Crippen LogP contribution is 2.66. The van der Waals surface area contributed by atoms with E-state index in [1.165, 1.54) is 12.8 Å². The molecule has 3 fully saturated rings. The number of hydrogen-bond donors (Lipinski definition) is 0. The molecule has 0 amide bonds. The Balaban J connectivity index is 1.52. The minimum atomic E-state index is -2.36. The summed E-state index contributed by atoms with van der Waals surface area (Å²) >= 11 is 0. The molecule has 0 aromatic rings. The van der Waals surface area contributed by atoms with E-state index in [0.29, 0.717) is 18.3 Å². The Bertz CT molecular complexity index is 333. The van der Waals surface area contributed by atoms with Crippen molar-refractivity contribution in [1.82, 2.24) is 4.90 Å². The summed E-state index contributed by atoms with van der Waals surface area (Å²) in [4.78, 5) is 2.38. The molecule has 2 aliphatic carbocycles. The van der Waals surface area contributed by atoms with Crippen molar-refractivity contribution >= 4 is 0 Å². The third-order valence-electron chi connectivity index (χ3n) is 5.67. The van der Waals surface area contributed by atoms with Gasteiger partial charge in [0, 0.05) is 30.9 Å². The lowest BCUT2D eigenvalue weighted by atomic mass is 9.91. The zero-order valence-electron chi connectivity index (χ0n) is 11.3. The number of alkyl halides is 2.